The molecule has 0 unspecified atom stereocenters. The summed E-state index contributed by atoms with van der Waals surface area (Å²) in [5.74, 6) is 0.249. The molecule has 1 fully saturated rings. The number of imide groups is 1. The lowest BCUT2D eigenvalue weighted by atomic mass is 10.0. The topological polar surface area (TPSA) is 58.6 Å². The molecule has 3 aromatic carbocycles. The molecule has 1 aliphatic heterocycles. The summed E-state index contributed by atoms with van der Waals surface area (Å²) in [5.41, 5.74) is 1.94. The Morgan fingerprint density at radius 3 is 2.50 bits per heavy atom. The van der Waals surface area contributed by atoms with Crippen molar-refractivity contribution >= 4 is 40.4 Å². The molecule has 0 atom stereocenters. The fourth-order valence-corrected chi connectivity index (χ4v) is 3.19. The van der Waals surface area contributed by atoms with Gasteiger partial charge in [0.15, 0.2) is 0 Å². The maximum absolute atomic E-state index is 12.3. The predicted molar refractivity (Wildman–Crippen MR) is 109 cm³/mol. The van der Waals surface area contributed by atoms with E-state index < -0.39 is 6.03 Å². The lowest BCUT2D eigenvalue weighted by molar-refractivity contribution is -0.121. The molecule has 0 aliphatic carbocycles. The molecule has 0 saturated carbocycles. The zero-order valence-corrected chi connectivity index (χ0v) is 15.9. The minimum atomic E-state index is -0.444. The Morgan fingerprint density at radius 1 is 1.04 bits per heavy atom. The molecule has 1 aliphatic rings. The van der Waals surface area contributed by atoms with Gasteiger partial charge in [0.25, 0.3) is 5.91 Å². The number of benzene rings is 3. The highest BCUT2D eigenvalue weighted by Gasteiger charge is 2.30. The molecule has 1 saturated heterocycles. The summed E-state index contributed by atoms with van der Waals surface area (Å²) < 4.78 is 6.05. The van der Waals surface area contributed by atoms with Crippen LogP contribution in [0.4, 0.5) is 4.79 Å². The second kappa shape index (κ2) is 7.37. The van der Waals surface area contributed by atoms with Crippen molar-refractivity contribution in [1.82, 2.24) is 10.2 Å². The summed E-state index contributed by atoms with van der Waals surface area (Å²) >= 11 is 5.93. The number of carbonyl (C=O) groups is 2. The molecule has 0 spiro atoms. The standard InChI is InChI=1S/C22H17ClN2O3/c1-25-21(26)19(24-22(25)27)12-18-17-5-3-2-4-15(17)8-11-20(18)28-13-14-6-9-16(23)10-7-14/h2-12H,13H2,1H3,(H,24,27)/b19-12+. The monoisotopic (exact) mass is 392 g/mol. The van der Waals surface area contributed by atoms with Crippen LogP contribution in [-0.2, 0) is 11.4 Å². The first-order valence-electron chi connectivity index (χ1n) is 8.72. The Hall–Kier alpha value is -3.31. The van der Waals surface area contributed by atoms with E-state index in [1.54, 1.807) is 6.08 Å². The average molecular weight is 393 g/mol. The number of hydrogen-bond donors (Lipinski definition) is 1. The first-order chi connectivity index (χ1) is 13.5. The molecule has 0 aromatic heterocycles. The second-order valence-electron chi connectivity index (χ2n) is 6.47. The first kappa shape index (κ1) is 18.1. The summed E-state index contributed by atoms with van der Waals surface area (Å²) in [7, 11) is 1.44. The van der Waals surface area contributed by atoms with Gasteiger partial charge < -0.3 is 10.1 Å². The Bertz CT molecular complexity index is 1110. The van der Waals surface area contributed by atoms with Crippen LogP contribution in [-0.4, -0.2) is 23.9 Å². The molecule has 28 heavy (non-hydrogen) atoms. The molecule has 4 rings (SSSR count). The van der Waals surface area contributed by atoms with Gasteiger partial charge in [0.2, 0.25) is 0 Å². The van der Waals surface area contributed by atoms with Crippen molar-refractivity contribution in [2.24, 2.45) is 0 Å². The molecule has 3 amide bonds. The Kier molecular flexibility index (Phi) is 4.75. The van der Waals surface area contributed by atoms with Gasteiger partial charge in [-0.2, -0.15) is 0 Å². The van der Waals surface area contributed by atoms with Gasteiger partial charge in [-0.25, -0.2) is 4.79 Å². The smallest absolute Gasteiger partial charge is 0.328 e. The van der Waals surface area contributed by atoms with Crippen molar-refractivity contribution in [3.63, 3.8) is 0 Å². The number of likely N-dealkylation sites (N-methyl/N-ethyl adjacent to an activating group) is 1. The number of amides is 3. The highest BCUT2D eigenvalue weighted by molar-refractivity contribution is 6.30. The number of nitrogens with zero attached hydrogens (tertiary/aromatic N) is 1. The van der Waals surface area contributed by atoms with Gasteiger partial charge in [-0.3, -0.25) is 9.69 Å². The summed E-state index contributed by atoms with van der Waals surface area (Å²) in [5, 5.41) is 5.21. The predicted octanol–water partition coefficient (Wildman–Crippen LogP) is 4.59. The molecule has 1 heterocycles. The molecule has 1 N–H and O–H groups in total. The normalized spacial score (nSPS) is 15.4. The van der Waals surface area contributed by atoms with Crippen LogP contribution in [0.15, 0.2) is 66.4 Å². The third kappa shape index (κ3) is 3.44. The fraction of sp³-hybridized carbons (Fsp3) is 0.0909. The molecule has 140 valence electrons. The van der Waals surface area contributed by atoms with Crippen molar-refractivity contribution in [2.45, 2.75) is 6.61 Å². The van der Waals surface area contributed by atoms with E-state index in [2.05, 4.69) is 5.32 Å². The SMILES string of the molecule is CN1C(=O)N/C(=C/c2c(OCc3ccc(Cl)cc3)ccc3ccccc23)C1=O. The molecule has 5 nitrogen and oxygen atoms in total. The van der Waals surface area contributed by atoms with Gasteiger partial charge in [-0.1, -0.05) is 54.1 Å². The van der Waals surface area contributed by atoms with Gasteiger partial charge in [0, 0.05) is 17.6 Å². The lowest BCUT2D eigenvalue weighted by Gasteiger charge is -2.13. The molecular formula is C22H17ClN2O3. The van der Waals surface area contributed by atoms with Crippen molar-refractivity contribution in [1.29, 1.82) is 0 Å². The molecule has 0 radical (unpaired) electrons. The third-order valence-corrected chi connectivity index (χ3v) is 4.86. The molecule has 6 heteroatoms. The number of hydrogen-bond acceptors (Lipinski definition) is 3. The zero-order chi connectivity index (χ0) is 19.7. The number of ether oxygens (including phenoxy) is 1. The largest absolute Gasteiger partial charge is 0.488 e. The fourth-order valence-electron chi connectivity index (χ4n) is 3.06. The van der Waals surface area contributed by atoms with E-state index in [-0.39, 0.29) is 11.6 Å². The van der Waals surface area contributed by atoms with E-state index >= 15 is 0 Å². The molecule has 3 aromatic rings. The average Bonchev–Trinajstić information content (AvgIpc) is 2.95. The third-order valence-electron chi connectivity index (χ3n) is 4.61. The molecule has 0 bridgehead atoms. The minimum absolute atomic E-state index is 0.222. The Balaban J connectivity index is 1.74. The van der Waals surface area contributed by atoms with Crippen LogP contribution in [0.1, 0.15) is 11.1 Å². The van der Waals surface area contributed by atoms with Gasteiger partial charge in [-0.05, 0) is 40.6 Å². The van der Waals surface area contributed by atoms with Crippen LogP contribution in [0, 0.1) is 0 Å². The minimum Gasteiger partial charge on any atom is -0.488 e. The van der Waals surface area contributed by atoms with Crippen LogP contribution in [0.2, 0.25) is 5.02 Å². The van der Waals surface area contributed by atoms with Crippen molar-refractivity contribution in [3.8, 4) is 5.75 Å². The van der Waals surface area contributed by atoms with Crippen LogP contribution in [0.25, 0.3) is 16.8 Å². The lowest BCUT2D eigenvalue weighted by Crippen LogP contribution is -2.25. The Labute approximate surface area is 167 Å². The zero-order valence-electron chi connectivity index (χ0n) is 15.1. The quantitative estimate of drug-likeness (QED) is 0.521. The van der Waals surface area contributed by atoms with Crippen LogP contribution in [0.5, 0.6) is 5.75 Å². The number of nitrogens with one attached hydrogen (secondary N) is 1. The second-order valence-corrected chi connectivity index (χ2v) is 6.90. The summed E-state index contributed by atoms with van der Waals surface area (Å²) in [6.07, 6.45) is 1.67. The Morgan fingerprint density at radius 2 is 1.79 bits per heavy atom. The van der Waals surface area contributed by atoms with E-state index in [9.17, 15) is 9.59 Å². The van der Waals surface area contributed by atoms with E-state index in [4.69, 9.17) is 16.3 Å². The number of fused-ring (bicyclic) bond motifs is 1. The van der Waals surface area contributed by atoms with Crippen molar-refractivity contribution in [3.05, 3.63) is 82.5 Å². The summed E-state index contributed by atoms with van der Waals surface area (Å²) in [4.78, 5) is 25.1. The maximum Gasteiger partial charge on any atom is 0.328 e. The van der Waals surface area contributed by atoms with Gasteiger partial charge in [0.05, 0.1) is 0 Å². The number of urea groups is 1. The van der Waals surface area contributed by atoms with Gasteiger partial charge in [0.1, 0.15) is 18.1 Å². The van der Waals surface area contributed by atoms with Gasteiger partial charge >= 0.3 is 6.03 Å². The van der Waals surface area contributed by atoms with E-state index in [0.717, 1.165) is 26.8 Å². The van der Waals surface area contributed by atoms with Crippen molar-refractivity contribution < 1.29 is 14.3 Å². The molecular weight excluding hydrogens is 376 g/mol. The van der Waals surface area contributed by atoms with E-state index in [1.807, 2.05) is 60.7 Å². The maximum atomic E-state index is 12.3. The summed E-state index contributed by atoms with van der Waals surface area (Å²) in [6, 6.07) is 18.6. The number of carbonyl (C=O) groups excluding carboxylic acids is 2. The highest BCUT2D eigenvalue weighted by Crippen LogP contribution is 2.31. The number of rotatable bonds is 4. The van der Waals surface area contributed by atoms with Crippen LogP contribution in [0.3, 0.4) is 0 Å². The highest BCUT2D eigenvalue weighted by atomic mass is 35.5. The van der Waals surface area contributed by atoms with Crippen LogP contribution >= 0.6 is 11.6 Å². The summed E-state index contributed by atoms with van der Waals surface area (Å²) in [6.45, 7) is 0.353. The number of halogens is 1. The van der Waals surface area contributed by atoms with E-state index in [1.165, 1.54) is 7.05 Å². The first-order valence-corrected chi connectivity index (χ1v) is 9.10. The van der Waals surface area contributed by atoms with Crippen LogP contribution < -0.4 is 10.1 Å². The van der Waals surface area contributed by atoms with Gasteiger partial charge in [-0.15, -0.1) is 0 Å². The van der Waals surface area contributed by atoms with E-state index in [0.29, 0.717) is 17.4 Å². The van der Waals surface area contributed by atoms with Crippen molar-refractivity contribution in [2.75, 3.05) is 7.05 Å².